The van der Waals surface area contributed by atoms with Crippen molar-refractivity contribution in [3.05, 3.63) is 0 Å². The number of aliphatic imine (C=N–C) groups is 1. The number of guanidine groups is 1. The molecule has 0 radical (unpaired) electrons. The van der Waals surface area contributed by atoms with Gasteiger partial charge in [-0.15, -0.1) is 24.0 Å². The average Bonchev–Trinajstić information content (AvgIpc) is 2.38. The zero-order valence-corrected chi connectivity index (χ0v) is 14.0. The van der Waals surface area contributed by atoms with Crippen molar-refractivity contribution in [3.63, 3.8) is 0 Å². The standard InChI is InChI=1S/C13H27N3O.HI/c1-14-13(16-10-11-17-2)15-9-8-12-6-4-3-5-7-12;/h12H,3-11H2,1-2H3,(H2,14,15,16);1H. The lowest BCUT2D eigenvalue weighted by atomic mass is 9.87. The lowest BCUT2D eigenvalue weighted by Gasteiger charge is -2.22. The van der Waals surface area contributed by atoms with E-state index in [9.17, 15) is 0 Å². The molecule has 0 bridgehead atoms. The topological polar surface area (TPSA) is 45.7 Å². The first-order valence-corrected chi connectivity index (χ1v) is 6.80. The summed E-state index contributed by atoms with van der Waals surface area (Å²) in [6, 6.07) is 0. The van der Waals surface area contributed by atoms with E-state index in [2.05, 4.69) is 15.6 Å². The molecule has 0 saturated heterocycles. The van der Waals surface area contributed by atoms with Crippen molar-refractivity contribution in [3.8, 4) is 0 Å². The van der Waals surface area contributed by atoms with Crippen molar-refractivity contribution in [2.24, 2.45) is 10.9 Å². The maximum atomic E-state index is 4.99. The fourth-order valence-electron chi connectivity index (χ4n) is 2.36. The highest BCUT2D eigenvalue weighted by Crippen LogP contribution is 2.25. The van der Waals surface area contributed by atoms with Gasteiger partial charge in [0.15, 0.2) is 5.96 Å². The van der Waals surface area contributed by atoms with E-state index >= 15 is 0 Å². The molecule has 0 aromatic rings. The van der Waals surface area contributed by atoms with Gasteiger partial charge in [0.2, 0.25) is 0 Å². The van der Waals surface area contributed by atoms with Crippen molar-refractivity contribution < 1.29 is 4.74 Å². The van der Waals surface area contributed by atoms with Crippen LogP contribution in [0.2, 0.25) is 0 Å². The van der Waals surface area contributed by atoms with Crippen molar-refractivity contribution in [2.75, 3.05) is 33.9 Å². The molecular formula is C13H28IN3O. The second-order valence-corrected chi connectivity index (χ2v) is 4.71. The monoisotopic (exact) mass is 369 g/mol. The summed E-state index contributed by atoms with van der Waals surface area (Å²) < 4.78 is 4.99. The van der Waals surface area contributed by atoms with E-state index < -0.39 is 0 Å². The van der Waals surface area contributed by atoms with E-state index in [4.69, 9.17) is 4.74 Å². The Morgan fingerprint density at radius 3 is 2.44 bits per heavy atom. The van der Waals surface area contributed by atoms with Crippen LogP contribution in [0.1, 0.15) is 38.5 Å². The zero-order valence-electron chi connectivity index (χ0n) is 11.7. The van der Waals surface area contributed by atoms with Gasteiger partial charge in [0.1, 0.15) is 0 Å². The van der Waals surface area contributed by atoms with Crippen LogP contribution < -0.4 is 10.6 Å². The van der Waals surface area contributed by atoms with Crippen LogP contribution in [0.5, 0.6) is 0 Å². The van der Waals surface area contributed by atoms with E-state index in [0.717, 1.165) is 25.0 Å². The highest BCUT2D eigenvalue weighted by molar-refractivity contribution is 14.0. The van der Waals surface area contributed by atoms with Gasteiger partial charge in [-0.05, 0) is 12.3 Å². The Labute approximate surface area is 128 Å². The number of ether oxygens (including phenoxy) is 1. The third-order valence-corrected chi connectivity index (χ3v) is 3.39. The number of nitrogens with zero attached hydrogens (tertiary/aromatic N) is 1. The highest BCUT2D eigenvalue weighted by Gasteiger charge is 2.12. The molecule has 0 heterocycles. The molecule has 4 nitrogen and oxygen atoms in total. The van der Waals surface area contributed by atoms with Gasteiger partial charge < -0.3 is 15.4 Å². The number of methoxy groups -OCH3 is 1. The zero-order chi connectivity index (χ0) is 12.3. The highest BCUT2D eigenvalue weighted by atomic mass is 127. The molecule has 0 aliphatic heterocycles. The van der Waals surface area contributed by atoms with Gasteiger partial charge in [-0.25, -0.2) is 0 Å². The normalized spacial score (nSPS) is 17.1. The first-order valence-electron chi connectivity index (χ1n) is 6.80. The smallest absolute Gasteiger partial charge is 0.191 e. The van der Waals surface area contributed by atoms with Crippen LogP contribution in [0.4, 0.5) is 0 Å². The first kappa shape index (κ1) is 18.0. The van der Waals surface area contributed by atoms with E-state index in [1.165, 1.54) is 38.5 Å². The lowest BCUT2D eigenvalue weighted by Crippen LogP contribution is -2.39. The summed E-state index contributed by atoms with van der Waals surface area (Å²) in [7, 11) is 3.52. The number of hydrogen-bond acceptors (Lipinski definition) is 2. The van der Waals surface area contributed by atoms with Crippen LogP contribution in [0.3, 0.4) is 0 Å². The minimum absolute atomic E-state index is 0. The Kier molecular flexibility index (Phi) is 12.0. The molecule has 0 spiro atoms. The molecule has 5 heteroatoms. The minimum Gasteiger partial charge on any atom is -0.383 e. The third-order valence-electron chi connectivity index (χ3n) is 3.39. The second kappa shape index (κ2) is 12.0. The van der Waals surface area contributed by atoms with Crippen LogP contribution in [-0.2, 0) is 4.74 Å². The maximum Gasteiger partial charge on any atom is 0.191 e. The molecule has 0 aromatic heterocycles. The Morgan fingerprint density at radius 2 is 1.83 bits per heavy atom. The Morgan fingerprint density at radius 1 is 1.17 bits per heavy atom. The summed E-state index contributed by atoms with van der Waals surface area (Å²) >= 11 is 0. The minimum atomic E-state index is 0. The van der Waals surface area contributed by atoms with Gasteiger partial charge in [-0.1, -0.05) is 32.1 Å². The maximum absolute atomic E-state index is 4.99. The van der Waals surface area contributed by atoms with Crippen molar-refractivity contribution in [2.45, 2.75) is 38.5 Å². The molecule has 1 aliphatic carbocycles. The SMILES string of the molecule is CN=C(NCCOC)NCCC1CCCCC1.I. The number of rotatable bonds is 6. The molecule has 2 N–H and O–H groups in total. The molecule has 1 aliphatic rings. The molecule has 1 rings (SSSR count). The Balaban J connectivity index is 0.00000289. The summed E-state index contributed by atoms with van der Waals surface area (Å²) in [5.74, 6) is 1.81. The van der Waals surface area contributed by atoms with Crippen LogP contribution in [0.25, 0.3) is 0 Å². The van der Waals surface area contributed by atoms with Crippen molar-refractivity contribution in [1.82, 2.24) is 10.6 Å². The predicted molar refractivity (Wildman–Crippen MR) is 87.8 cm³/mol. The van der Waals surface area contributed by atoms with E-state index in [1.54, 1.807) is 7.11 Å². The summed E-state index contributed by atoms with van der Waals surface area (Å²) in [5.41, 5.74) is 0. The summed E-state index contributed by atoms with van der Waals surface area (Å²) in [4.78, 5) is 4.18. The van der Waals surface area contributed by atoms with Crippen molar-refractivity contribution >= 4 is 29.9 Å². The quantitative estimate of drug-likeness (QED) is 0.327. The third kappa shape index (κ3) is 8.13. The van der Waals surface area contributed by atoms with Crippen LogP contribution in [0.15, 0.2) is 4.99 Å². The van der Waals surface area contributed by atoms with Gasteiger partial charge >= 0.3 is 0 Å². The second-order valence-electron chi connectivity index (χ2n) is 4.71. The number of nitrogens with one attached hydrogen (secondary N) is 2. The first-order chi connectivity index (χ1) is 8.36. The van der Waals surface area contributed by atoms with Crippen LogP contribution in [0, 0.1) is 5.92 Å². The lowest BCUT2D eigenvalue weighted by molar-refractivity contribution is 0.203. The van der Waals surface area contributed by atoms with E-state index in [0.29, 0.717) is 6.61 Å². The van der Waals surface area contributed by atoms with Gasteiger partial charge in [-0.2, -0.15) is 0 Å². The summed E-state index contributed by atoms with van der Waals surface area (Å²) in [5, 5.41) is 6.58. The molecule has 0 unspecified atom stereocenters. The molecule has 1 saturated carbocycles. The summed E-state index contributed by atoms with van der Waals surface area (Å²) in [6.45, 7) is 2.54. The summed E-state index contributed by atoms with van der Waals surface area (Å²) in [6.07, 6.45) is 8.38. The molecule has 0 aromatic carbocycles. The van der Waals surface area contributed by atoms with E-state index in [1.807, 2.05) is 7.05 Å². The van der Waals surface area contributed by atoms with Gasteiger partial charge in [-0.3, -0.25) is 4.99 Å². The van der Waals surface area contributed by atoms with Gasteiger partial charge in [0, 0.05) is 27.2 Å². The predicted octanol–water partition coefficient (Wildman–Crippen LogP) is 2.39. The van der Waals surface area contributed by atoms with Crippen LogP contribution >= 0.6 is 24.0 Å². The van der Waals surface area contributed by atoms with Crippen LogP contribution in [-0.4, -0.2) is 39.8 Å². The largest absolute Gasteiger partial charge is 0.383 e. The molecule has 18 heavy (non-hydrogen) atoms. The fraction of sp³-hybridized carbons (Fsp3) is 0.923. The fourth-order valence-corrected chi connectivity index (χ4v) is 2.36. The average molecular weight is 369 g/mol. The molecule has 1 fully saturated rings. The number of hydrogen-bond donors (Lipinski definition) is 2. The number of halogens is 1. The Hall–Kier alpha value is -0.0400. The van der Waals surface area contributed by atoms with Gasteiger partial charge in [0.05, 0.1) is 6.61 Å². The molecule has 108 valence electrons. The Bertz CT molecular complexity index is 218. The molecule has 0 atom stereocenters. The van der Waals surface area contributed by atoms with Gasteiger partial charge in [0.25, 0.3) is 0 Å². The van der Waals surface area contributed by atoms with E-state index in [-0.39, 0.29) is 24.0 Å². The molecule has 0 amide bonds. The molecular weight excluding hydrogens is 341 g/mol. The van der Waals surface area contributed by atoms with Crippen molar-refractivity contribution in [1.29, 1.82) is 0 Å².